The molecule has 0 saturated heterocycles. The van der Waals surface area contributed by atoms with Gasteiger partial charge in [-0.05, 0) is 39.0 Å². The molecule has 0 aromatic heterocycles. The first-order chi connectivity index (χ1) is 9.13. The highest BCUT2D eigenvalue weighted by molar-refractivity contribution is 5.94. The molecule has 0 spiro atoms. The second kappa shape index (κ2) is 6.14. The van der Waals surface area contributed by atoms with Gasteiger partial charge < -0.3 is 5.32 Å². The lowest BCUT2D eigenvalue weighted by atomic mass is 10.2. The predicted molar refractivity (Wildman–Crippen MR) is 83.1 cm³/mol. The van der Waals surface area contributed by atoms with Crippen LogP contribution in [0.4, 0.5) is 5.69 Å². The van der Waals surface area contributed by atoms with E-state index < -0.39 is 0 Å². The summed E-state index contributed by atoms with van der Waals surface area (Å²) in [5.74, 6) is 0.881. The van der Waals surface area contributed by atoms with Crippen molar-refractivity contribution in [2.75, 3.05) is 5.32 Å². The Balaban J connectivity index is 2.07. The molecule has 3 heteroatoms. The minimum absolute atomic E-state index is 0.00653. The van der Waals surface area contributed by atoms with E-state index >= 15 is 0 Å². The Bertz CT molecular complexity index is 548. The number of nitrogens with one attached hydrogen (secondary N) is 1. The van der Waals surface area contributed by atoms with Gasteiger partial charge in [-0.2, -0.15) is 0 Å². The van der Waals surface area contributed by atoms with Gasteiger partial charge in [0.15, 0.2) is 0 Å². The summed E-state index contributed by atoms with van der Waals surface area (Å²) in [7, 11) is 0. The van der Waals surface area contributed by atoms with Crippen molar-refractivity contribution in [3.8, 4) is 0 Å². The number of aliphatic imine (C=N–C) groups is 2. The monoisotopic (exact) mass is 253 g/mol. The summed E-state index contributed by atoms with van der Waals surface area (Å²) >= 11 is 0. The van der Waals surface area contributed by atoms with Crippen molar-refractivity contribution in [1.82, 2.24) is 0 Å². The topological polar surface area (TPSA) is 36.8 Å². The molecule has 1 aromatic rings. The first-order valence-corrected chi connectivity index (χ1v) is 6.40. The molecule has 1 N–H and O–H groups in total. The van der Waals surface area contributed by atoms with Crippen LogP contribution in [0.2, 0.25) is 0 Å². The molecule has 3 nitrogen and oxygen atoms in total. The molecule has 0 amide bonds. The largest absolute Gasteiger partial charge is 0.344 e. The molecular weight excluding hydrogens is 234 g/mol. The minimum Gasteiger partial charge on any atom is -0.344 e. The molecule has 1 atom stereocenters. The molecule has 98 valence electrons. The zero-order chi connectivity index (χ0) is 13.7. The van der Waals surface area contributed by atoms with Crippen molar-refractivity contribution in [3.05, 3.63) is 53.8 Å². The molecule has 2 rings (SSSR count). The van der Waals surface area contributed by atoms with Crippen LogP contribution in [0.1, 0.15) is 19.4 Å². The second-order valence-corrected chi connectivity index (χ2v) is 4.72. The third kappa shape index (κ3) is 4.21. The zero-order valence-corrected chi connectivity index (χ0v) is 11.6. The summed E-state index contributed by atoms with van der Waals surface area (Å²) in [6.45, 7) is 6.10. The van der Waals surface area contributed by atoms with Gasteiger partial charge >= 0.3 is 0 Å². The smallest absolute Gasteiger partial charge is 0.106 e. The van der Waals surface area contributed by atoms with Crippen LogP contribution in [0.3, 0.4) is 0 Å². The van der Waals surface area contributed by atoms with Crippen molar-refractivity contribution < 1.29 is 0 Å². The van der Waals surface area contributed by atoms with Crippen molar-refractivity contribution >= 4 is 17.7 Å². The van der Waals surface area contributed by atoms with E-state index in [4.69, 9.17) is 0 Å². The molecule has 1 heterocycles. The fourth-order valence-electron chi connectivity index (χ4n) is 1.84. The van der Waals surface area contributed by atoms with Gasteiger partial charge in [0.2, 0.25) is 0 Å². The number of anilines is 1. The number of rotatable bonds is 2. The van der Waals surface area contributed by atoms with E-state index in [9.17, 15) is 0 Å². The number of amidine groups is 1. The van der Waals surface area contributed by atoms with Crippen molar-refractivity contribution in [2.24, 2.45) is 9.98 Å². The third-order valence-electron chi connectivity index (χ3n) is 2.82. The summed E-state index contributed by atoms with van der Waals surface area (Å²) in [6.07, 6.45) is 7.71. The maximum Gasteiger partial charge on any atom is 0.106 e. The molecule has 1 aromatic carbocycles. The third-order valence-corrected chi connectivity index (χ3v) is 2.82. The summed E-state index contributed by atoms with van der Waals surface area (Å²) in [5.41, 5.74) is 3.48. The molecule has 0 aliphatic carbocycles. The molecule has 0 fully saturated rings. The van der Waals surface area contributed by atoms with Gasteiger partial charge in [0.05, 0.1) is 5.84 Å². The van der Waals surface area contributed by atoms with E-state index in [1.807, 2.05) is 19.2 Å². The van der Waals surface area contributed by atoms with Crippen molar-refractivity contribution in [1.29, 1.82) is 0 Å². The Morgan fingerprint density at radius 2 is 1.95 bits per heavy atom. The van der Waals surface area contributed by atoms with Gasteiger partial charge in [-0.1, -0.05) is 29.3 Å². The molecule has 19 heavy (non-hydrogen) atoms. The second-order valence-electron chi connectivity index (χ2n) is 4.72. The van der Waals surface area contributed by atoms with Crippen LogP contribution in [0, 0.1) is 6.92 Å². The lowest BCUT2D eigenvalue weighted by molar-refractivity contribution is 1.09. The number of aryl methyl sites for hydroxylation is 1. The van der Waals surface area contributed by atoms with E-state index in [1.165, 1.54) is 11.1 Å². The number of nitrogens with zero attached hydrogens (tertiary/aromatic N) is 2. The Hall–Kier alpha value is -2.16. The molecule has 1 aliphatic heterocycles. The van der Waals surface area contributed by atoms with Gasteiger partial charge in [0.25, 0.3) is 0 Å². The summed E-state index contributed by atoms with van der Waals surface area (Å²) in [4.78, 5) is 8.79. The van der Waals surface area contributed by atoms with E-state index in [1.54, 1.807) is 6.20 Å². The van der Waals surface area contributed by atoms with E-state index in [-0.39, 0.29) is 6.04 Å². The lowest BCUT2D eigenvalue weighted by Crippen LogP contribution is -2.13. The van der Waals surface area contributed by atoms with E-state index in [0.717, 1.165) is 11.5 Å². The Labute approximate surface area is 114 Å². The van der Waals surface area contributed by atoms with Crippen LogP contribution >= 0.6 is 0 Å². The lowest BCUT2D eigenvalue weighted by Gasteiger charge is -2.08. The number of allylic oxidation sites excluding steroid dienone is 2. The van der Waals surface area contributed by atoms with Crippen LogP contribution in [0.25, 0.3) is 0 Å². The Morgan fingerprint density at radius 1 is 1.21 bits per heavy atom. The average molecular weight is 253 g/mol. The normalized spacial score (nSPS) is 19.0. The standard InChI is InChI=1S/C16H19N3/c1-12-4-6-15(7-5-12)18-14(3)19-16-10-13(2)8-9-17-11-16/h4-11,16H,1-3H3,(H,18,19). The van der Waals surface area contributed by atoms with Gasteiger partial charge in [0, 0.05) is 18.1 Å². The number of benzene rings is 1. The highest BCUT2D eigenvalue weighted by Crippen LogP contribution is 2.10. The quantitative estimate of drug-likeness (QED) is 0.632. The van der Waals surface area contributed by atoms with Gasteiger partial charge in [-0.15, -0.1) is 0 Å². The summed E-state index contributed by atoms with van der Waals surface area (Å²) in [5, 5.41) is 3.29. The molecular formula is C16H19N3. The van der Waals surface area contributed by atoms with Crippen LogP contribution in [-0.2, 0) is 0 Å². The minimum atomic E-state index is -0.00653. The Kier molecular flexibility index (Phi) is 4.29. The highest BCUT2D eigenvalue weighted by Gasteiger charge is 2.03. The zero-order valence-electron chi connectivity index (χ0n) is 11.6. The summed E-state index contributed by atoms with van der Waals surface area (Å²) in [6, 6.07) is 8.26. The van der Waals surface area contributed by atoms with Crippen LogP contribution in [0.5, 0.6) is 0 Å². The first kappa shape index (κ1) is 13.3. The maximum atomic E-state index is 4.60. The van der Waals surface area contributed by atoms with E-state index in [0.29, 0.717) is 0 Å². The van der Waals surface area contributed by atoms with Crippen LogP contribution in [0.15, 0.2) is 58.2 Å². The first-order valence-electron chi connectivity index (χ1n) is 6.40. The molecule has 1 unspecified atom stereocenters. The van der Waals surface area contributed by atoms with Crippen LogP contribution in [-0.4, -0.2) is 18.1 Å². The van der Waals surface area contributed by atoms with Gasteiger partial charge in [0.1, 0.15) is 6.04 Å². The SMILES string of the molecule is CC1=CC(N=C(C)Nc2ccc(C)cc2)C=NC=C1. The predicted octanol–water partition coefficient (Wildman–Crippen LogP) is 3.74. The summed E-state index contributed by atoms with van der Waals surface area (Å²) < 4.78 is 0. The molecule has 0 saturated carbocycles. The average Bonchev–Trinajstić information content (AvgIpc) is 2.56. The Morgan fingerprint density at radius 3 is 2.68 bits per heavy atom. The van der Waals surface area contributed by atoms with Crippen molar-refractivity contribution in [3.63, 3.8) is 0 Å². The number of hydrogen-bond donors (Lipinski definition) is 1. The molecule has 0 radical (unpaired) electrons. The van der Waals surface area contributed by atoms with Gasteiger partial charge in [-0.25, -0.2) is 0 Å². The molecule has 0 bridgehead atoms. The maximum absolute atomic E-state index is 4.60. The van der Waals surface area contributed by atoms with Gasteiger partial charge in [-0.3, -0.25) is 9.98 Å². The fraction of sp³-hybridized carbons (Fsp3) is 0.250. The highest BCUT2D eigenvalue weighted by atomic mass is 15.0. The van der Waals surface area contributed by atoms with Crippen LogP contribution < -0.4 is 5.32 Å². The van der Waals surface area contributed by atoms with Crippen molar-refractivity contribution in [2.45, 2.75) is 26.8 Å². The van der Waals surface area contributed by atoms with E-state index in [2.05, 4.69) is 59.5 Å². The number of hydrogen-bond acceptors (Lipinski definition) is 2. The molecule has 1 aliphatic rings. The fourth-order valence-corrected chi connectivity index (χ4v) is 1.84.